The second-order valence-electron chi connectivity index (χ2n) is 7.38. The number of piperidine rings is 2. The van der Waals surface area contributed by atoms with Gasteiger partial charge >= 0.3 is 0 Å². The first-order chi connectivity index (χ1) is 10.2. The van der Waals surface area contributed by atoms with Crippen LogP contribution in [-0.2, 0) is 4.79 Å². The molecule has 0 spiro atoms. The topological polar surface area (TPSA) is 44.4 Å². The molecule has 23 heavy (non-hydrogen) atoms. The SMILES string of the molecule is CC(CC(=O)NC1CCN(C2CC2)CC1)C1CCNCC1.Cl.Cl. The van der Waals surface area contributed by atoms with Gasteiger partial charge in [-0.3, -0.25) is 4.79 Å². The van der Waals surface area contributed by atoms with E-state index in [-0.39, 0.29) is 30.7 Å². The summed E-state index contributed by atoms with van der Waals surface area (Å²) < 4.78 is 0. The van der Waals surface area contributed by atoms with Gasteiger partial charge in [0, 0.05) is 31.6 Å². The number of hydrogen-bond acceptors (Lipinski definition) is 3. The molecule has 0 aromatic rings. The quantitative estimate of drug-likeness (QED) is 0.786. The van der Waals surface area contributed by atoms with Crippen molar-refractivity contribution in [2.24, 2.45) is 11.8 Å². The molecule has 0 bridgehead atoms. The molecule has 2 aliphatic heterocycles. The molecular weight excluding hydrogens is 333 g/mol. The van der Waals surface area contributed by atoms with E-state index in [0.29, 0.717) is 18.4 Å². The molecule has 0 aromatic heterocycles. The lowest BCUT2D eigenvalue weighted by Gasteiger charge is -2.33. The van der Waals surface area contributed by atoms with E-state index < -0.39 is 0 Å². The molecule has 1 aliphatic carbocycles. The van der Waals surface area contributed by atoms with Crippen molar-refractivity contribution in [2.75, 3.05) is 26.2 Å². The summed E-state index contributed by atoms with van der Waals surface area (Å²) in [7, 11) is 0. The van der Waals surface area contributed by atoms with Crippen LogP contribution in [0.25, 0.3) is 0 Å². The van der Waals surface area contributed by atoms with Crippen LogP contribution < -0.4 is 10.6 Å². The van der Waals surface area contributed by atoms with E-state index in [1.807, 2.05) is 0 Å². The fourth-order valence-corrected chi connectivity index (χ4v) is 4.01. The Morgan fingerprint density at radius 3 is 2.26 bits per heavy atom. The number of hydrogen-bond donors (Lipinski definition) is 2. The molecule has 1 amide bonds. The van der Waals surface area contributed by atoms with Crippen LogP contribution in [0.15, 0.2) is 0 Å². The molecule has 1 saturated carbocycles. The molecule has 2 saturated heterocycles. The monoisotopic (exact) mass is 365 g/mol. The average molecular weight is 366 g/mol. The van der Waals surface area contributed by atoms with Crippen molar-refractivity contribution < 1.29 is 4.79 Å². The van der Waals surface area contributed by atoms with Gasteiger partial charge < -0.3 is 15.5 Å². The van der Waals surface area contributed by atoms with Gasteiger partial charge in [-0.25, -0.2) is 0 Å². The maximum atomic E-state index is 12.3. The third-order valence-corrected chi connectivity index (χ3v) is 5.65. The van der Waals surface area contributed by atoms with Crippen LogP contribution >= 0.6 is 24.8 Å². The summed E-state index contributed by atoms with van der Waals surface area (Å²) in [5, 5.41) is 6.69. The first-order valence-corrected chi connectivity index (χ1v) is 8.96. The third-order valence-electron chi connectivity index (χ3n) is 5.65. The highest BCUT2D eigenvalue weighted by Crippen LogP contribution is 2.29. The Bertz CT molecular complexity index is 352. The van der Waals surface area contributed by atoms with Gasteiger partial charge in [0.15, 0.2) is 0 Å². The summed E-state index contributed by atoms with van der Waals surface area (Å²) in [5.74, 6) is 1.54. The van der Waals surface area contributed by atoms with Gasteiger partial charge in [-0.2, -0.15) is 0 Å². The predicted molar refractivity (Wildman–Crippen MR) is 99.6 cm³/mol. The number of rotatable bonds is 5. The van der Waals surface area contributed by atoms with Gasteiger partial charge in [-0.15, -0.1) is 24.8 Å². The lowest BCUT2D eigenvalue weighted by molar-refractivity contribution is -0.123. The molecule has 2 N–H and O–H groups in total. The Hall–Kier alpha value is -0.0300. The highest BCUT2D eigenvalue weighted by atomic mass is 35.5. The largest absolute Gasteiger partial charge is 0.353 e. The normalized spacial score (nSPS) is 25.1. The second-order valence-corrected chi connectivity index (χ2v) is 7.38. The number of carbonyl (C=O) groups is 1. The zero-order valence-electron chi connectivity index (χ0n) is 14.3. The zero-order valence-corrected chi connectivity index (χ0v) is 15.9. The summed E-state index contributed by atoms with van der Waals surface area (Å²) >= 11 is 0. The van der Waals surface area contributed by atoms with Crippen LogP contribution in [0.4, 0.5) is 0 Å². The summed E-state index contributed by atoms with van der Waals surface area (Å²) in [5.41, 5.74) is 0. The third kappa shape index (κ3) is 6.41. The molecular formula is C17H33Cl2N3O. The van der Waals surface area contributed by atoms with E-state index in [4.69, 9.17) is 0 Å². The minimum atomic E-state index is 0. The molecule has 1 atom stereocenters. The van der Waals surface area contributed by atoms with Crippen molar-refractivity contribution in [2.45, 2.75) is 64.0 Å². The fraction of sp³-hybridized carbons (Fsp3) is 0.941. The Morgan fingerprint density at radius 1 is 1.09 bits per heavy atom. The van der Waals surface area contributed by atoms with E-state index in [9.17, 15) is 4.79 Å². The highest BCUT2D eigenvalue weighted by Gasteiger charge is 2.32. The summed E-state index contributed by atoms with van der Waals surface area (Å²) in [6.07, 6.45) is 8.25. The molecule has 0 radical (unpaired) electrons. The Kier molecular flexibility index (Phi) is 9.20. The molecule has 0 aromatic carbocycles. The van der Waals surface area contributed by atoms with E-state index in [0.717, 1.165) is 37.9 Å². The van der Waals surface area contributed by atoms with E-state index in [2.05, 4.69) is 22.5 Å². The minimum absolute atomic E-state index is 0. The first kappa shape index (κ1) is 21.0. The number of likely N-dealkylation sites (tertiary alicyclic amines) is 1. The molecule has 4 nitrogen and oxygen atoms in total. The summed E-state index contributed by atoms with van der Waals surface area (Å²) in [6.45, 7) is 6.86. The van der Waals surface area contributed by atoms with Crippen LogP contribution in [0.5, 0.6) is 0 Å². The highest BCUT2D eigenvalue weighted by molar-refractivity contribution is 5.85. The molecule has 1 unspecified atom stereocenters. The van der Waals surface area contributed by atoms with Gasteiger partial charge in [0.1, 0.15) is 0 Å². The van der Waals surface area contributed by atoms with E-state index in [1.165, 1.54) is 38.8 Å². The van der Waals surface area contributed by atoms with Gasteiger partial charge in [0.25, 0.3) is 0 Å². The molecule has 3 aliphatic rings. The van der Waals surface area contributed by atoms with Gasteiger partial charge in [-0.05, 0) is 63.5 Å². The van der Waals surface area contributed by atoms with Gasteiger partial charge in [0.2, 0.25) is 5.91 Å². The summed E-state index contributed by atoms with van der Waals surface area (Å²) in [4.78, 5) is 14.9. The van der Waals surface area contributed by atoms with Crippen molar-refractivity contribution in [3.05, 3.63) is 0 Å². The number of nitrogens with one attached hydrogen (secondary N) is 2. The van der Waals surface area contributed by atoms with Crippen molar-refractivity contribution >= 4 is 30.7 Å². The number of nitrogens with zero attached hydrogens (tertiary/aromatic N) is 1. The maximum absolute atomic E-state index is 12.3. The minimum Gasteiger partial charge on any atom is -0.353 e. The smallest absolute Gasteiger partial charge is 0.220 e. The van der Waals surface area contributed by atoms with Crippen molar-refractivity contribution in [3.8, 4) is 0 Å². The Morgan fingerprint density at radius 2 is 1.70 bits per heavy atom. The number of carbonyl (C=O) groups excluding carboxylic acids is 1. The van der Waals surface area contributed by atoms with Gasteiger partial charge in [-0.1, -0.05) is 6.92 Å². The van der Waals surface area contributed by atoms with E-state index in [1.54, 1.807) is 0 Å². The Labute approximate surface area is 153 Å². The molecule has 3 fully saturated rings. The molecule has 136 valence electrons. The number of amides is 1. The van der Waals surface area contributed by atoms with Gasteiger partial charge in [0.05, 0.1) is 0 Å². The molecule has 6 heteroatoms. The predicted octanol–water partition coefficient (Wildman–Crippen LogP) is 2.60. The summed E-state index contributed by atoms with van der Waals surface area (Å²) in [6, 6.07) is 1.30. The van der Waals surface area contributed by atoms with Crippen molar-refractivity contribution in [1.29, 1.82) is 0 Å². The zero-order chi connectivity index (χ0) is 14.7. The average Bonchev–Trinajstić information content (AvgIpc) is 3.33. The molecule has 2 heterocycles. The fourth-order valence-electron chi connectivity index (χ4n) is 4.01. The Balaban J connectivity index is 0.00000132. The van der Waals surface area contributed by atoms with Crippen LogP contribution in [0.1, 0.15) is 51.9 Å². The molecule has 3 rings (SSSR count). The second kappa shape index (κ2) is 10.1. The standard InChI is InChI=1S/C17H31N3O.2ClH/c1-13(14-4-8-18-9-5-14)12-17(21)19-15-6-10-20(11-7-15)16-2-3-16;;/h13-16,18H,2-12H2,1H3,(H,19,21);2*1H. The van der Waals surface area contributed by atoms with Crippen LogP contribution in [-0.4, -0.2) is 49.1 Å². The van der Waals surface area contributed by atoms with Crippen LogP contribution in [0.2, 0.25) is 0 Å². The van der Waals surface area contributed by atoms with Crippen LogP contribution in [0, 0.1) is 11.8 Å². The maximum Gasteiger partial charge on any atom is 0.220 e. The first-order valence-electron chi connectivity index (χ1n) is 8.96. The van der Waals surface area contributed by atoms with Crippen molar-refractivity contribution in [1.82, 2.24) is 15.5 Å². The number of halogens is 2. The van der Waals surface area contributed by atoms with Crippen LogP contribution in [0.3, 0.4) is 0 Å². The lowest BCUT2D eigenvalue weighted by Crippen LogP contribution is -2.45. The van der Waals surface area contributed by atoms with Crippen molar-refractivity contribution in [3.63, 3.8) is 0 Å². The van der Waals surface area contributed by atoms with E-state index >= 15 is 0 Å². The lowest BCUT2D eigenvalue weighted by atomic mass is 9.84.